The average Bonchev–Trinajstić information content (AvgIpc) is 2.14. The minimum absolute atomic E-state index is 0.0710. The second-order valence-corrected chi connectivity index (χ2v) is 3.16. The van der Waals surface area contributed by atoms with Crippen LogP contribution in [0.5, 0.6) is 5.75 Å². The zero-order chi connectivity index (χ0) is 11.4. The molecule has 15 heavy (non-hydrogen) atoms. The normalized spacial score (nSPS) is 9.33. The number of hydrogen-bond acceptors (Lipinski definition) is 4. The number of phenolic OH excluding ortho intramolecular Hbond substituents is 1. The lowest BCUT2D eigenvalue weighted by molar-refractivity contribution is 0.0941. The maximum Gasteiger partial charge on any atom is 0.273 e. The molecule has 0 heterocycles. The molecule has 0 unspecified atom stereocenters. The lowest BCUT2D eigenvalue weighted by Crippen LogP contribution is -2.44. The molecule has 0 spiro atoms. The molecule has 6 nitrogen and oxygen atoms in total. The van der Waals surface area contributed by atoms with Gasteiger partial charge >= 0.3 is 0 Å². The van der Waals surface area contributed by atoms with E-state index in [4.69, 9.17) is 11.5 Å². The van der Waals surface area contributed by atoms with E-state index >= 15 is 0 Å². The zero-order valence-corrected chi connectivity index (χ0v) is 8.47. The van der Waals surface area contributed by atoms with Crippen molar-refractivity contribution in [2.45, 2.75) is 0 Å². The van der Waals surface area contributed by atoms with Crippen molar-refractivity contribution in [1.29, 1.82) is 0 Å². The van der Waals surface area contributed by atoms with Gasteiger partial charge in [0.15, 0.2) is 5.11 Å². The first kappa shape index (κ1) is 11.1. The Morgan fingerprint density at radius 1 is 1.40 bits per heavy atom. The van der Waals surface area contributed by atoms with E-state index in [0.717, 1.165) is 0 Å². The third kappa shape index (κ3) is 2.99. The number of amides is 1. The standard InChI is InChI=1S/C8H10N4O2S/c9-4-1-2-5(6(13)3-4)7(14)11-12-8(10)15/h1-3,13H,9H2,(H,11,14)(H3,10,12,15). The van der Waals surface area contributed by atoms with E-state index in [0.29, 0.717) is 5.69 Å². The largest absolute Gasteiger partial charge is 0.507 e. The number of anilines is 1. The van der Waals surface area contributed by atoms with Gasteiger partial charge in [0.25, 0.3) is 5.91 Å². The van der Waals surface area contributed by atoms with E-state index < -0.39 is 5.91 Å². The van der Waals surface area contributed by atoms with Crippen LogP contribution in [-0.4, -0.2) is 16.1 Å². The molecule has 0 bridgehead atoms. The number of carbonyl (C=O) groups excluding carboxylic acids is 1. The fraction of sp³-hybridized carbons (Fsp3) is 0. The smallest absolute Gasteiger partial charge is 0.273 e. The third-order valence-corrected chi connectivity index (χ3v) is 1.67. The van der Waals surface area contributed by atoms with E-state index in [1.807, 2.05) is 0 Å². The summed E-state index contributed by atoms with van der Waals surface area (Å²) in [7, 11) is 0. The fourth-order valence-electron chi connectivity index (χ4n) is 0.926. The molecule has 0 atom stereocenters. The molecule has 0 saturated heterocycles. The van der Waals surface area contributed by atoms with Gasteiger partial charge in [-0.2, -0.15) is 0 Å². The highest BCUT2D eigenvalue weighted by Gasteiger charge is 2.10. The summed E-state index contributed by atoms with van der Waals surface area (Å²) in [4.78, 5) is 11.4. The molecule has 1 amide bonds. The molecule has 1 aromatic carbocycles. The quantitative estimate of drug-likeness (QED) is 0.249. The lowest BCUT2D eigenvalue weighted by Gasteiger charge is -2.07. The first-order valence-electron chi connectivity index (χ1n) is 3.95. The van der Waals surface area contributed by atoms with E-state index in [9.17, 15) is 9.90 Å². The van der Waals surface area contributed by atoms with Gasteiger partial charge in [0.1, 0.15) is 5.75 Å². The van der Waals surface area contributed by atoms with Crippen molar-refractivity contribution in [3.8, 4) is 5.75 Å². The summed E-state index contributed by atoms with van der Waals surface area (Å²) in [5.74, 6) is -0.766. The van der Waals surface area contributed by atoms with Crippen LogP contribution >= 0.6 is 12.2 Å². The SMILES string of the molecule is NC(=S)NNC(=O)c1ccc(N)cc1O. The molecule has 7 heteroatoms. The number of hydrogen-bond donors (Lipinski definition) is 5. The van der Waals surface area contributed by atoms with Crippen molar-refractivity contribution in [1.82, 2.24) is 10.9 Å². The number of thiocarbonyl (C=S) groups is 1. The maximum absolute atomic E-state index is 11.4. The second-order valence-electron chi connectivity index (χ2n) is 2.72. The molecular formula is C8H10N4O2S. The molecule has 0 fully saturated rings. The molecule has 1 aromatic rings. The predicted molar refractivity (Wildman–Crippen MR) is 59.9 cm³/mol. The van der Waals surface area contributed by atoms with Gasteiger partial charge < -0.3 is 16.6 Å². The summed E-state index contributed by atoms with van der Waals surface area (Å²) >= 11 is 4.49. The van der Waals surface area contributed by atoms with Gasteiger partial charge in [0.2, 0.25) is 0 Å². The van der Waals surface area contributed by atoms with E-state index in [-0.39, 0.29) is 16.4 Å². The first-order valence-corrected chi connectivity index (χ1v) is 4.36. The zero-order valence-electron chi connectivity index (χ0n) is 7.65. The summed E-state index contributed by atoms with van der Waals surface area (Å²) in [6.07, 6.45) is 0. The van der Waals surface area contributed by atoms with Crippen LogP contribution in [0.15, 0.2) is 18.2 Å². The van der Waals surface area contributed by atoms with Gasteiger partial charge in [0.05, 0.1) is 5.56 Å². The van der Waals surface area contributed by atoms with Crippen molar-refractivity contribution in [3.05, 3.63) is 23.8 Å². The Morgan fingerprint density at radius 2 is 2.07 bits per heavy atom. The van der Waals surface area contributed by atoms with Crippen LogP contribution in [0, 0.1) is 0 Å². The molecule has 1 rings (SSSR count). The number of nitrogens with two attached hydrogens (primary N) is 2. The lowest BCUT2D eigenvalue weighted by atomic mass is 10.2. The van der Waals surface area contributed by atoms with Crippen LogP contribution in [0.25, 0.3) is 0 Å². The summed E-state index contributed by atoms with van der Waals surface area (Å²) in [6.45, 7) is 0. The number of nitrogen functional groups attached to an aromatic ring is 1. The molecule has 0 saturated carbocycles. The van der Waals surface area contributed by atoms with Crippen molar-refractivity contribution in [2.24, 2.45) is 5.73 Å². The summed E-state index contributed by atoms with van der Waals surface area (Å²) in [5.41, 5.74) is 15.4. The summed E-state index contributed by atoms with van der Waals surface area (Å²) in [6, 6.07) is 4.16. The van der Waals surface area contributed by atoms with Crippen LogP contribution in [0.2, 0.25) is 0 Å². The third-order valence-electron chi connectivity index (χ3n) is 1.57. The topological polar surface area (TPSA) is 113 Å². The van der Waals surface area contributed by atoms with Crippen molar-refractivity contribution in [2.75, 3.05) is 5.73 Å². The highest BCUT2D eigenvalue weighted by Crippen LogP contribution is 2.19. The second kappa shape index (κ2) is 4.47. The Labute approximate surface area is 91.2 Å². The number of phenols is 1. The molecule has 0 aliphatic heterocycles. The van der Waals surface area contributed by atoms with Gasteiger partial charge in [0, 0.05) is 11.8 Å². The minimum Gasteiger partial charge on any atom is -0.507 e. The average molecular weight is 226 g/mol. The highest BCUT2D eigenvalue weighted by atomic mass is 32.1. The first-order chi connectivity index (χ1) is 7.00. The van der Waals surface area contributed by atoms with Crippen LogP contribution in [0.3, 0.4) is 0 Å². The Morgan fingerprint density at radius 3 is 2.60 bits per heavy atom. The summed E-state index contributed by atoms with van der Waals surface area (Å²) < 4.78 is 0. The van der Waals surface area contributed by atoms with Gasteiger partial charge in [-0.15, -0.1) is 0 Å². The number of hydrazine groups is 1. The number of carbonyl (C=O) groups is 1. The van der Waals surface area contributed by atoms with E-state index in [2.05, 4.69) is 23.1 Å². The number of benzene rings is 1. The Bertz CT molecular complexity index is 408. The van der Waals surface area contributed by atoms with Crippen molar-refractivity contribution >= 4 is 28.9 Å². The maximum atomic E-state index is 11.4. The molecule has 0 aliphatic carbocycles. The van der Waals surface area contributed by atoms with Crippen molar-refractivity contribution < 1.29 is 9.90 Å². The van der Waals surface area contributed by atoms with Gasteiger partial charge in [-0.05, 0) is 24.4 Å². The Kier molecular flexibility index (Phi) is 3.29. The summed E-state index contributed by atoms with van der Waals surface area (Å²) in [5, 5.41) is 9.32. The Balaban J connectivity index is 2.78. The van der Waals surface area contributed by atoms with Crippen LogP contribution < -0.4 is 22.3 Å². The monoisotopic (exact) mass is 226 g/mol. The minimum atomic E-state index is -0.555. The molecule has 7 N–H and O–H groups in total. The molecule has 0 aliphatic rings. The number of aromatic hydroxyl groups is 1. The van der Waals surface area contributed by atoms with E-state index in [1.54, 1.807) is 0 Å². The highest BCUT2D eigenvalue weighted by molar-refractivity contribution is 7.80. The number of nitrogens with one attached hydrogen (secondary N) is 2. The van der Waals surface area contributed by atoms with Gasteiger partial charge in [-0.25, -0.2) is 0 Å². The van der Waals surface area contributed by atoms with Gasteiger partial charge in [-0.3, -0.25) is 15.6 Å². The Hall–Kier alpha value is -2.02. The van der Waals surface area contributed by atoms with Crippen LogP contribution in [-0.2, 0) is 0 Å². The van der Waals surface area contributed by atoms with Crippen LogP contribution in [0.4, 0.5) is 5.69 Å². The van der Waals surface area contributed by atoms with Gasteiger partial charge in [-0.1, -0.05) is 0 Å². The molecule has 80 valence electrons. The predicted octanol–water partition coefficient (Wildman–Crippen LogP) is -0.548. The molecule has 0 radical (unpaired) electrons. The fourth-order valence-corrected chi connectivity index (χ4v) is 0.977. The number of rotatable bonds is 1. The molecular weight excluding hydrogens is 216 g/mol. The molecule has 0 aromatic heterocycles. The van der Waals surface area contributed by atoms with Crippen molar-refractivity contribution in [3.63, 3.8) is 0 Å². The van der Waals surface area contributed by atoms with Crippen LogP contribution in [0.1, 0.15) is 10.4 Å². The van der Waals surface area contributed by atoms with E-state index in [1.165, 1.54) is 18.2 Å².